The van der Waals surface area contributed by atoms with Crippen molar-refractivity contribution in [1.29, 1.82) is 0 Å². The predicted octanol–water partition coefficient (Wildman–Crippen LogP) is 5.46. The summed E-state index contributed by atoms with van der Waals surface area (Å²) in [7, 11) is 0. The second kappa shape index (κ2) is 10.2. The Hall–Kier alpha value is -2.21. The molecule has 2 fully saturated rings. The van der Waals surface area contributed by atoms with E-state index in [1.165, 1.54) is 44.1 Å². The van der Waals surface area contributed by atoms with Gasteiger partial charge >= 0.3 is 0 Å². The third kappa shape index (κ3) is 5.58. The number of hydrogen-bond donors (Lipinski definition) is 2. The number of rotatable bonds is 5. The SMILES string of the molecule is Cc1cc(N2C[C@H](C)C[C@H](C)C2)nc(NC(=S)NCC2(c3ccccc3)CCCCC2)n1. The molecule has 1 aromatic carbocycles. The largest absolute Gasteiger partial charge is 0.361 e. The smallest absolute Gasteiger partial charge is 0.231 e. The molecule has 2 aromatic rings. The normalized spacial score (nSPS) is 22.9. The first-order valence-corrected chi connectivity index (χ1v) is 12.6. The molecule has 0 spiro atoms. The first-order valence-electron chi connectivity index (χ1n) is 12.1. The van der Waals surface area contributed by atoms with Crippen molar-refractivity contribution in [2.24, 2.45) is 11.8 Å². The van der Waals surface area contributed by atoms with E-state index in [4.69, 9.17) is 17.2 Å². The maximum atomic E-state index is 5.67. The quantitative estimate of drug-likeness (QED) is 0.589. The zero-order valence-corrected chi connectivity index (χ0v) is 20.5. The van der Waals surface area contributed by atoms with Gasteiger partial charge in [0.2, 0.25) is 5.95 Å². The average Bonchev–Trinajstić information content (AvgIpc) is 2.78. The Labute approximate surface area is 198 Å². The lowest BCUT2D eigenvalue weighted by molar-refractivity contribution is 0.292. The highest BCUT2D eigenvalue weighted by Crippen LogP contribution is 2.39. The summed E-state index contributed by atoms with van der Waals surface area (Å²) >= 11 is 5.67. The molecule has 2 N–H and O–H groups in total. The number of hydrogen-bond acceptors (Lipinski definition) is 4. The number of nitrogens with one attached hydrogen (secondary N) is 2. The van der Waals surface area contributed by atoms with Crippen LogP contribution in [0.15, 0.2) is 36.4 Å². The van der Waals surface area contributed by atoms with Crippen LogP contribution in [0.5, 0.6) is 0 Å². The number of aryl methyl sites for hydroxylation is 1. The Bertz CT molecular complexity index is 900. The van der Waals surface area contributed by atoms with Crippen molar-refractivity contribution in [3.63, 3.8) is 0 Å². The van der Waals surface area contributed by atoms with E-state index in [9.17, 15) is 0 Å². The summed E-state index contributed by atoms with van der Waals surface area (Å²) in [6.07, 6.45) is 7.54. The zero-order chi connectivity index (χ0) is 22.6. The fourth-order valence-corrected chi connectivity index (χ4v) is 5.77. The van der Waals surface area contributed by atoms with Gasteiger partial charge in [0.05, 0.1) is 0 Å². The second-order valence-electron chi connectivity index (χ2n) is 10.1. The Kier molecular flexibility index (Phi) is 7.29. The summed E-state index contributed by atoms with van der Waals surface area (Å²) in [6, 6.07) is 13.0. The van der Waals surface area contributed by atoms with Crippen LogP contribution in [-0.2, 0) is 5.41 Å². The highest BCUT2D eigenvalue weighted by atomic mass is 32.1. The van der Waals surface area contributed by atoms with E-state index in [-0.39, 0.29) is 5.41 Å². The van der Waals surface area contributed by atoms with Gasteiger partial charge in [0.15, 0.2) is 5.11 Å². The Morgan fingerprint density at radius 1 is 1.06 bits per heavy atom. The molecule has 2 heterocycles. The van der Waals surface area contributed by atoms with Crippen molar-refractivity contribution in [2.45, 2.75) is 64.7 Å². The summed E-state index contributed by atoms with van der Waals surface area (Å²) < 4.78 is 0. The van der Waals surface area contributed by atoms with Crippen LogP contribution in [0.2, 0.25) is 0 Å². The Morgan fingerprint density at radius 2 is 1.75 bits per heavy atom. The van der Waals surface area contributed by atoms with Crippen LogP contribution >= 0.6 is 12.2 Å². The topological polar surface area (TPSA) is 53.1 Å². The van der Waals surface area contributed by atoms with Crippen molar-refractivity contribution < 1.29 is 0 Å². The van der Waals surface area contributed by atoms with Crippen molar-refractivity contribution >= 4 is 29.1 Å². The fourth-order valence-electron chi connectivity index (χ4n) is 5.60. The molecule has 0 unspecified atom stereocenters. The molecule has 0 radical (unpaired) electrons. The molecule has 0 bridgehead atoms. The van der Waals surface area contributed by atoms with E-state index in [1.807, 2.05) is 6.92 Å². The molecular formula is C26H37N5S. The predicted molar refractivity (Wildman–Crippen MR) is 137 cm³/mol. The van der Waals surface area contributed by atoms with Gasteiger partial charge in [0.1, 0.15) is 5.82 Å². The van der Waals surface area contributed by atoms with E-state index >= 15 is 0 Å². The molecule has 4 rings (SSSR count). The number of aromatic nitrogens is 2. The van der Waals surface area contributed by atoms with E-state index in [0.717, 1.165) is 31.1 Å². The number of piperidine rings is 1. The van der Waals surface area contributed by atoms with Crippen LogP contribution in [-0.4, -0.2) is 34.7 Å². The van der Waals surface area contributed by atoms with Crippen LogP contribution < -0.4 is 15.5 Å². The summed E-state index contributed by atoms with van der Waals surface area (Å²) in [5.74, 6) is 2.94. The molecule has 1 saturated carbocycles. The summed E-state index contributed by atoms with van der Waals surface area (Å²) in [5.41, 5.74) is 2.51. The van der Waals surface area contributed by atoms with Gasteiger partial charge in [-0.3, -0.25) is 0 Å². The van der Waals surface area contributed by atoms with Crippen molar-refractivity contribution in [3.8, 4) is 0 Å². The standard InChI is InChI=1S/C26H37N5S/c1-19-14-20(2)17-31(16-19)23-15-21(3)28-24(29-23)30-25(32)27-18-26(12-8-5-9-13-26)22-10-6-4-7-11-22/h4,6-7,10-11,15,19-20H,5,8-9,12-14,16-18H2,1-3H3,(H2,27,28,29,30,32)/t19-,20+. The van der Waals surface area contributed by atoms with Gasteiger partial charge in [-0.05, 0) is 55.8 Å². The van der Waals surface area contributed by atoms with Crippen LogP contribution in [0.1, 0.15) is 63.6 Å². The van der Waals surface area contributed by atoms with E-state index in [0.29, 0.717) is 22.9 Å². The van der Waals surface area contributed by atoms with Crippen molar-refractivity contribution in [1.82, 2.24) is 15.3 Å². The minimum Gasteiger partial charge on any atom is -0.361 e. The lowest BCUT2D eigenvalue weighted by Gasteiger charge is -2.38. The van der Waals surface area contributed by atoms with Crippen LogP contribution in [0.4, 0.5) is 11.8 Å². The third-order valence-corrected chi connectivity index (χ3v) is 7.29. The molecule has 2 aliphatic rings. The van der Waals surface area contributed by atoms with Crippen LogP contribution in [0, 0.1) is 18.8 Å². The van der Waals surface area contributed by atoms with Gasteiger partial charge < -0.3 is 15.5 Å². The van der Waals surface area contributed by atoms with Gasteiger partial charge in [-0.2, -0.15) is 4.98 Å². The van der Waals surface area contributed by atoms with Gasteiger partial charge in [0.25, 0.3) is 0 Å². The number of benzene rings is 1. The molecule has 2 atom stereocenters. The van der Waals surface area contributed by atoms with Crippen LogP contribution in [0.25, 0.3) is 0 Å². The van der Waals surface area contributed by atoms with Gasteiger partial charge in [-0.25, -0.2) is 4.98 Å². The minimum absolute atomic E-state index is 0.143. The Morgan fingerprint density at radius 3 is 2.44 bits per heavy atom. The molecule has 172 valence electrons. The highest BCUT2D eigenvalue weighted by Gasteiger charge is 2.33. The lowest BCUT2D eigenvalue weighted by atomic mass is 9.69. The van der Waals surface area contributed by atoms with Gasteiger partial charge in [0, 0.05) is 36.8 Å². The number of anilines is 2. The van der Waals surface area contributed by atoms with Crippen molar-refractivity contribution in [3.05, 3.63) is 47.7 Å². The maximum absolute atomic E-state index is 5.67. The fraction of sp³-hybridized carbons (Fsp3) is 0.577. The summed E-state index contributed by atoms with van der Waals surface area (Å²) in [5, 5.41) is 7.36. The van der Waals surface area contributed by atoms with E-state index < -0.39 is 0 Å². The molecule has 1 saturated heterocycles. The van der Waals surface area contributed by atoms with Gasteiger partial charge in [-0.15, -0.1) is 0 Å². The summed E-state index contributed by atoms with van der Waals surface area (Å²) in [4.78, 5) is 11.8. The molecule has 1 aliphatic heterocycles. The molecular weight excluding hydrogens is 414 g/mol. The minimum atomic E-state index is 0.143. The second-order valence-corrected chi connectivity index (χ2v) is 10.5. The van der Waals surface area contributed by atoms with Crippen molar-refractivity contribution in [2.75, 3.05) is 29.9 Å². The lowest BCUT2D eigenvalue weighted by Crippen LogP contribution is -2.43. The zero-order valence-electron chi connectivity index (χ0n) is 19.7. The molecule has 32 heavy (non-hydrogen) atoms. The third-order valence-electron chi connectivity index (χ3n) is 7.04. The monoisotopic (exact) mass is 451 g/mol. The molecule has 1 aliphatic carbocycles. The Balaban J connectivity index is 1.43. The van der Waals surface area contributed by atoms with Gasteiger partial charge in [-0.1, -0.05) is 63.4 Å². The summed E-state index contributed by atoms with van der Waals surface area (Å²) in [6.45, 7) is 9.59. The first kappa shape index (κ1) is 23.0. The molecule has 0 amide bonds. The van der Waals surface area contributed by atoms with E-state index in [2.05, 4.69) is 70.8 Å². The number of thiocarbonyl (C=S) groups is 1. The number of nitrogens with zero attached hydrogens (tertiary/aromatic N) is 3. The average molecular weight is 452 g/mol. The van der Waals surface area contributed by atoms with Crippen LogP contribution in [0.3, 0.4) is 0 Å². The molecule has 1 aromatic heterocycles. The van der Waals surface area contributed by atoms with E-state index in [1.54, 1.807) is 0 Å². The maximum Gasteiger partial charge on any atom is 0.231 e. The molecule has 5 nitrogen and oxygen atoms in total. The highest BCUT2D eigenvalue weighted by molar-refractivity contribution is 7.80. The first-order chi connectivity index (χ1) is 15.4. The molecule has 6 heteroatoms.